The van der Waals surface area contributed by atoms with E-state index in [9.17, 15) is 19.5 Å². The highest BCUT2D eigenvalue weighted by Gasteiger charge is 2.50. The predicted octanol–water partition coefficient (Wildman–Crippen LogP) is 2.92. The van der Waals surface area contributed by atoms with Crippen LogP contribution in [-0.2, 0) is 33.3 Å². The Kier molecular flexibility index (Phi) is 10.0. The van der Waals surface area contributed by atoms with Gasteiger partial charge in [0.1, 0.15) is 11.5 Å². The van der Waals surface area contributed by atoms with Gasteiger partial charge < -0.3 is 33.5 Å². The number of aliphatic hydroxyl groups is 1. The van der Waals surface area contributed by atoms with Gasteiger partial charge in [0.2, 0.25) is 0 Å². The summed E-state index contributed by atoms with van der Waals surface area (Å²) in [5, 5.41) is 10.4. The van der Waals surface area contributed by atoms with Gasteiger partial charge >= 0.3 is 17.9 Å². The highest BCUT2D eigenvalue weighted by atomic mass is 16.7. The highest BCUT2D eigenvalue weighted by molar-refractivity contribution is 5.88. The minimum atomic E-state index is -1.61. The molecule has 0 unspecified atom stereocenters. The zero-order valence-corrected chi connectivity index (χ0v) is 21.4. The molecule has 1 aliphatic heterocycles. The van der Waals surface area contributed by atoms with Crippen molar-refractivity contribution in [1.82, 2.24) is 0 Å². The zero-order chi connectivity index (χ0) is 27.7. The molecule has 5 atom stereocenters. The Hall–Kier alpha value is -4.15. The maximum absolute atomic E-state index is 12.7. The topological polar surface area (TPSA) is 127 Å². The average Bonchev–Trinajstić information content (AvgIpc) is 2.91. The summed E-state index contributed by atoms with van der Waals surface area (Å²) < 4.78 is 31.9. The molecule has 2 aromatic rings. The van der Waals surface area contributed by atoms with E-state index in [-0.39, 0.29) is 0 Å². The fourth-order valence-corrected chi connectivity index (χ4v) is 3.71. The molecule has 3 rings (SSSR count). The summed E-state index contributed by atoms with van der Waals surface area (Å²) in [5.74, 6) is -0.983. The molecule has 202 valence electrons. The highest BCUT2D eigenvalue weighted by Crippen LogP contribution is 2.28. The molecule has 0 radical (unpaired) electrons. The van der Waals surface area contributed by atoms with Gasteiger partial charge in [-0.15, -0.1) is 0 Å². The van der Waals surface area contributed by atoms with E-state index in [1.807, 2.05) is 0 Å². The summed E-state index contributed by atoms with van der Waals surface area (Å²) in [7, 11) is 3.09. The van der Waals surface area contributed by atoms with Gasteiger partial charge in [0.25, 0.3) is 0 Å². The number of ether oxygens (including phenoxy) is 6. The number of carbonyl (C=O) groups excluding carboxylic acids is 3. The number of hydrogen-bond donors (Lipinski definition) is 1. The second-order valence-corrected chi connectivity index (χ2v) is 8.32. The van der Waals surface area contributed by atoms with Crippen molar-refractivity contribution in [2.24, 2.45) is 0 Å². The number of methoxy groups -OCH3 is 2. The molecule has 0 aromatic heterocycles. The van der Waals surface area contributed by atoms with Gasteiger partial charge in [0.05, 0.1) is 20.3 Å². The Balaban J connectivity index is 1.76. The van der Waals surface area contributed by atoms with Gasteiger partial charge in [-0.05, 0) is 54.5 Å². The predicted molar refractivity (Wildman–Crippen MR) is 136 cm³/mol. The van der Waals surface area contributed by atoms with E-state index in [4.69, 9.17) is 28.4 Å². The van der Waals surface area contributed by atoms with Crippen LogP contribution >= 0.6 is 0 Å². The second kappa shape index (κ2) is 13.4. The van der Waals surface area contributed by atoms with E-state index in [2.05, 4.69) is 0 Å². The van der Waals surface area contributed by atoms with Crippen LogP contribution in [0, 0.1) is 0 Å². The normalized spacial score (nSPS) is 23.1. The van der Waals surface area contributed by atoms with Gasteiger partial charge in [0, 0.05) is 19.1 Å². The number of carbonyl (C=O) groups is 3. The van der Waals surface area contributed by atoms with E-state index in [0.717, 1.165) is 12.5 Å². The molecule has 0 saturated carbocycles. The summed E-state index contributed by atoms with van der Waals surface area (Å²) in [6, 6.07) is 13.9. The Bertz CT molecular complexity index is 1150. The fraction of sp³-hybridized carbons (Fsp3) is 0.321. The lowest BCUT2D eigenvalue weighted by Gasteiger charge is -2.41. The smallest absolute Gasteiger partial charge is 0.331 e. The van der Waals surface area contributed by atoms with Crippen LogP contribution in [0.15, 0.2) is 60.7 Å². The molecule has 1 saturated heterocycles. The van der Waals surface area contributed by atoms with Crippen molar-refractivity contribution in [3.05, 3.63) is 71.8 Å². The summed E-state index contributed by atoms with van der Waals surface area (Å²) in [5.41, 5.74) is 1.42. The van der Waals surface area contributed by atoms with E-state index < -0.39 is 48.6 Å². The largest absolute Gasteiger partial charge is 0.497 e. The standard InChI is InChI=1S/C28H30O10/c1-17-25(37-23(30)15-9-19-5-11-21(33-3)12-6-19)26(27(28(32)35-17)36-18(2)29)38-24(31)16-10-20-7-13-22(34-4)14-8-20/h5-17,25-28,32H,1-4H3/t17-,25-,26+,27+,28+/m0/s1. The monoisotopic (exact) mass is 526 g/mol. The molecule has 0 aliphatic carbocycles. The summed E-state index contributed by atoms with van der Waals surface area (Å²) in [6.07, 6.45) is -1.04. The minimum absolute atomic E-state index is 0.657. The van der Waals surface area contributed by atoms with E-state index in [1.54, 1.807) is 62.8 Å². The molecule has 0 amide bonds. The lowest BCUT2D eigenvalue weighted by Crippen LogP contribution is -2.60. The molecule has 1 N–H and O–H groups in total. The molecule has 1 aliphatic rings. The third-order valence-electron chi connectivity index (χ3n) is 5.61. The molecular weight excluding hydrogens is 496 g/mol. The van der Waals surface area contributed by atoms with Crippen LogP contribution in [0.1, 0.15) is 25.0 Å². The van der Waals surface area contributed by atoms with Crippen molar-refractivity contribution < 1.29 is 47.9 Å². The Labute approximate surface area is 220 Å². The molecule has 1 fully saturated rings. The van der Waals surface area contributed by atoms with Crippen LogP contribution in [0.25, 0.3) is 12.2 Å². The molecule has 10 heteroatoms. The summed E-state index contributed by atoms with van der Waals surface area (Å²) >= 11 is 0. The number of hydrogen-bond acceptors (Lipinski definition) is 10. The van der Waals surface area contributed by atoms with Gasteiger partial charge in [-0.25, -0.2) is 9.59 Å². The van der Waals surface area contributed by atoms with Gasteiger partial charge in [0.15, 0.2) is 24.6 Å². The first kappa shape index (κ1) is 28.4. The van der Waals surface area contributed by atoms with Gasteiger partial charge in [-0.1, -0.05) is 24.3 Å². The van der Waals surface area contributed by atoms with Crippen LogP contribution in [0.2, 0.25) is 0 Å². The first-order chi connectivity index (χ1) is 18.2. The van der Waals surface area contributed by atoms with Gasteiger partial charge in [-0.3, -0.25) is 4.79 Å². The molecule has 2 aromatic carbocycles. The van der Waals surface area contributed by atoms with E-state index in [0.29, 0.717) is 17.1 Å². The summed E-state index contributed by atoms with van der Waals surface area (Å²) in [4.78, 5) is 37.0. The van der Waals surface area contributed by atoms with Crippen LogP contribution in [0.4, 0.5) is 0 Å². The number of aliphatic hydroxyl groups excluding tert-OH is 1. The maximum Gasteiger partial charge on any atom is 0.331 e. The van der Waals surface area contributed by atoms with Crippen LogP contribution in [0.3, 0.4) is 0 Å². The van der Waals surface area contributed by atoms with Crippen molar-refractivity contribution in [1.29, 1.82) is 0 Å². The van der Waals surface area contributed by atoms with Crippen LogP contribution in [-0.4, -0.2) is 67.9 Å². The van der Waals surface area contributed by atoms with Crippen molar-refractivity contribution in [3.8, 4) is 11.5 Å². The Morgan fingerprint density at radius 2 is 1.18 bits per heavy atom. The van der Waals surface area contributed by atoms with Crippen LogP contribution < -0.4 is 9.47 Å². The average molecular weight is 527 g/mol. The van der Waals surface area contributed by atoms with Crippen molar-refractivity contribution in [2.75, 3.05) is 14.2 Å². The minimum Gasteiger partial charge on any atom is -0.497 e. The molecule has 0 spiro atoms. The first-order valence-corrected chi connectivity index (χ1v) is 11.8. The number of esters is 3. The third-order valence-corrected chi connectivity index (χ3v) is 5.61. The maximum atomic E-state index is 12.7. The Morgan fingerprint density at radius 3 is 1.61 bits per heavy atom. The van der Waals surface area contributed by atoms with E-state index in [1.165, 1.54) is 31.2 Å². The molecule has 0 bridgehead atoms. The lowest BCUT2D eigenvalue weighted by atomic mass is 9.99. The van der Waals surface area contributed by atoms with Crippen LogP contribution in [0.5, 0.6) is 11.5 Å². The lowest BCUT2D eigenvalue weighted by molar-refractivity contribution is -0.287. The first-order valence-electron chi connectivity index (χ1n) is 11.8. The SMILES string of the molecule is COc1ccc(C=CC(=O)O[C@@H]2[C@@H](OC(=O)C=Cc3ccc(OC)cc3)[C@H](C)O[C@@H](O)[C@@H]2OC(C)=O)cc1. The number of rotatable bonds is 9. The van der Waals surface area contributed by atoms with Crippen molar-refractivity contribution >= 4 is 30.1 Å². The Morgan fingerprint density at radius 1 is 0.737 bits per heavy atom. The quantitative estimate of drug-likeness (QED) is 0.296. The molecule has 38 heavy (non-hydrogen) atoms. The molecule has 10 nitrogen and oxygen atoms in total. The fourth-order valence-electron chi connectivity index (χ4n) is 3.71. The number of benzene rings is 2. The molecular formula is C28H30O10. The van der Waals surface area contributed by atoms with Gasteiger partial charge in [-0.2, -0.15) is 0 Å². The van der Waals surface area contributed by atoms with E-state index >= 15 is 0 Å². The zero-order valence-electron chi connectivity index (χ0n) is 21.4. The molecule has 1 heterocycles. The van der Waals surface area contributed by atoms with Crippen molar-refractivity contribution in [3.63, 3.8) is 0 Å². The second-order valence-electron chi connectivity index (χ2n) is 8.32. The van der Waals surface area contributed by atoms with Crippen molar-refractivity contribution in [2.45, 2.75) is 44.6 Å². The summed E-state index contributed by atoms with van der Waals surface area (Å²) in [6.45, 7) is 2.66. The third kappa shape index (κ3) is 7.92.